The Morgan fingerprint density at radius 1 is 0.580 bits per heavy atom. The molecule has 380 valence electrons. The number of amides is 4. The lowest BCUT2D eigenvalue weighted by Gasteiger charge is -2.26. The van der Waals surface area contributed by atoms with Crippen LogP contribution in [0.4, 0.5) is 47.3 Å². The minimum atomic E-state index is -4.93. The van der Waals surface area contributed by atoms with Crippen molar-refractivity contribution in [2.45, 2.75) is 121 Å². The van der Waals surface area contributed by atoms with Crippen LogP contribution in [0.2, 0.25) is 0 Å². The number of nitrogens with one attached hydrogen (secondary N) is 4. The Morgan fingerprint density at radius 3 is 1.19 bits per heavy atom. The summed E-state index contributed by atoms with van der Waals surface area (Å²) in [7, 11) is 5.28. The predicted molar refractivity (Wildman–Crippen MR) is 247 cm³/mol. The highest BCUT2D eigenvalue weighted by molar-refractivity contribution is 5.93. The maximum absolute atomic E-state index is 13.3. The summed E-state index contributed by atoms with van der Waals surface area (Å²) in [5.74, 6) is 0.398. The first-order valence-corrected chi connectivity index (χ1v) is 21.3. The highest BCUT2D eigenvalue weighted by atomic mass is 19.4. The average Bonchev–Trinajstić information content (AvgIpc) is 3.74. The lowest BCUT2D eigenvalue weighted by molar-refractivity contribution is -0.207. The summed E-state index contributed by atoms with van der Waals surface area (Å²) in [6.45, 7) is 10.8. The number of aliphatic hydroxyl groups is 4. The number of fused-ring (bicyclic) bond motifs is 2. The van der Waals surface area contributed by atoms with E-state index >= 15 is 0 Å². The molecule has 20 heteroatoms. The van der Waals surface area contributed by atoms with Crippen LogP contribution in [0.25, 0.3) is 0 Å². The number of hydrogen-bond acceptors (Lipinski definition) is 10. The van der Waals surface area contributed by atoms with E-state index in [1.807, 2.05) is 12.1 Å². The van der Waals surface area contributed by atoms with Crippen molar-refractivity contribution in [1.29, 1.82) is 0 Å². The first kappa shape index (κ1) is 55.6. The van der Waals surface area contributed by atoms with E-state index in [2.05, 4.69) is 21.3 Å². The molecule has 0 unspecified atom stereocenters. The fourth-order valence-electron chi connectivity index (χ4n) is 8.14. The summed E-state index contributed by atoms with van der Waals surface area (Å²) in [4.78, 5) is 25.6. The molecule has 4 amide bonds. The number of carbonyl (C=O) groups excluding carboxylic acids is 2. The number of ether oxygens (including phenoxy) is 4. The zero-order valence-corrected chi connectivity index (χ0v) is 39.2. The second-order valence-electron chi connectivity index (χ2n) is 18.5. The maximum atomic E-state index is 13.3. The summed E-state index contributed by atoms with van der Waals surface area (Å²) in [6.07, 6.45) is -16.8. The SMILES string of the molecule is C.COc1cccc2c1[C@@H](O)[C@@H](NC(=O)Nc1cc(C(C)(C)C)cc([C@@H](O)C(F)(F)F)c1OC)C2.COc1cccc2c1[C@H](O)[C@H](NC(=O)Nc1cc(C(C)(C)C)cc([C@@H](O)C(F)(F)F)c1OC)C2. The fraction of sp³-hybridized carbons (Fsp3) is 0.469. The van der Waals surface area contributed by atoms with Crippen LogP contribution in [0.1, 0.15) is 118 Å². The average molecular weight is 981 g/mol. The molecule has 0 fully saturated rings. The minimum Gasteiger partial charge on any atom is -0.496 e. The zero-order chi connectivity index (χ0) is 50.8. The molecule has 0 aromatic heterocycles. The monoisotopic (exact) mass is 980 g/mol. The first-order valence-electron chi connectivity index (χ1n) is 21.3. The van der Waals surface area contributed by atoms with Crippen LogP contribution in [0.3, 0.4) is 0 Å². The second-order valence-corrected chi connectivity index (χ2v) is 18.5. The molecule has 8 N–H and O–H groups in total. The van der Waals surface area contributed by atoms with Crippen molar-refractivity contribution in [2.24, 2.45) is 0 Å². The molecule has 0 aliphatic heterocycles. The number of rotatable bonds is 10. The molecule has 6 rings (SSSR count). The van der Waals surface area contributed by atoms with Crippen LogP contribution >= 0.6 is 0 Å². The van der Waals surface area contributed by atoms with Crippen LogP contribution < -0.4 is 40.2 Å². The molecule has 0 bridgehead atoms. The number of aliphatic hydroxyl groups excluding tert-OH is 4. The van der Waals surface area contributed by atoms with Crippen molar-refractivity contribution in [2.75, 3.05) is 39.1 Å². The van der Waals surface area contributed by atoms with E-state index in [1.54, 1.807) is 65.8 Å². The molecule has 69 heavy (non-hydrogen) atoms. The lowest BCUT2D eigenvalue weighted by Crippen LogP contribution is -2.40. The summed E-state index contributed by atoms with van der Waals surface area (Å²) in [5.41, 5.74) is 1.47. The van der Waals surface area contributed by atoms with Crippen molar-refractivity contribution in [3.63, 3.8) is 0 Å². The molecule has 2 aliphatic carbocycles. The van der Waals surface area contributed by atoms with E-state index in [0.717, 1.165) is 25.3 Å². The Hall–Kier alpha value is -5.96. The fourth-order valence-corrected chi connectivity index (χ4v) is 8.14. The zero-order valence-electron chi connectivity index (χ0n) is 39.2. The summed E-state index contributed by atoms with van der Waals surface area (Å²) >= 11 is 0. The quantitative estimate of drug-likeness (QED) is 0.0709. The van der Waals surface area contributed by atoms with Gasteiger partial charge >= 0.3 is 24.4 Å². The number of benzene rings is 4. The highest BCUT2D eigenvalue weighted by Crippen LogP contribution is 2.46. The van der Waals surface area contributed by atoms with Gasteiger partial charge in [-0.3, -0.25) is 0 Å². The standard InChI is InChI=1S/2C24H29F3N2O5.CH4/c2*1-23(2,3)13-10-14(21(31)24(25,26)27)20(34-5)16(11-13)29-22(32)28-15-9-12-7-6-8-17(33-4)18(12)19(15)30;/h2*6-8,10-11,15,19,21,30-31H,9H2,1-5H3,(H2,28,29,32);1H4/t15-,19-,21+;15-,19-,21-;/m01./s1. The van der Waals surface area contributed by atoms with Crippen LogP contribution in [0.15, 0.2) is 60.7 Å². The van der Waals surface area contributed by atoms with Crippen molar-refractivity contribution >= 4 is 23.4 Å². The van der Waals surface area contributed by atoms with E-state index < -0.39 is 82.9 Å². The van der Waals surface area contributed by atoms with Gasteiger partial charge in [0.05, 0.1) is 51.9 Å². The third-order valence-electron chi connectivity index (χ3n) is 11.7. The molecule has 0 spiro atoms. The largest absolute Gasteiger partial charge is 0.496 e. The number of alkyl halides is 6. The third-order valence-corrected chi connectivity index (χ3v) is 11.7. The minimum absolute atomic E-state index is 0. The Bertz CT molecular complexity index is 2300. The Balaban J connectivity index is 0.000000296. The summed E-state index contributed by atoms with van der Waals surface area (Å²) in [5, 5.41) is 51.7. The molecule has 0 saturated heterocycles. The number of halogens is 6. The number of urea groups is 2. The molecule has 14 nitrogen and oxygen atoms in total. The number of methoxy groups -OCH3 is 4. The van der Waals surface area contributed by atoms with Crippen LogP contribution in [0, 0.1) is 0 Å². The first-order chi connectivity index (χ1) is 31.5. The second kappa shape index (κ2) is 21.4. The normalized spacial score (nSPS) is 18.5. The molecule has 0 radical (unpaired) electrons. The van der Waals surface area contributed by atoms with Crippen LogP contribution in [0.5, 0.6) is 23.0 Å². The van der Waals surface area contributed by atoms with Gasteiger partial charge in [0.2, 0.25) is 0 Å². The van der Waals surface area contributed by atoms with E-state index in [-0.39, 0.29) is 30.3 Å². The smallest absolute Gasteiger partial charge is 0.418 e. The number of hydrogen-bond donors (Lipinski definition) is 8. The Kier molecular flexibility index (Phi) is 17.2. The molecule has 2 aliphatic rings. The topological polar surface area (TPSA) is 200 Å². The van der Waals surface area contributed by atoms with Crippen molar-refractivity contribution in [3.8, 4) is 23.0 Å². The molecular formula is C49H62F6N4O10. The molecule has 0 saturated carbocycles. The molecule has 6 atom stereocenters. The maximum Gasteiger partial charge on any atom is 0.418 e. The van der Waals surface area contributed by atoms with Crippen LogP contribution in [-0.4, -0.2) is 85.4 Å². The van der Waals surface area contributed by atoms with Crippen molar-refractivity contribution < 1.29 is 75.3 Å². The van der Waals surface area contributed by atoms with Crippen LogP contribution in [-0.2, 0) is 23.7 Å². The number of anilines is 2. The van der Waals surface area contributed by atoms with E-state index in [4.69, 9.17) is 18.9 Å². The van der Waals surface area contributed by atoms with Gasteiger partial charge in [-0.1, -0.05) is 73.2 Å². The van der Waals surface area contributed by atoms with Crippen molar-refractivity contribution in [1.82, 2.24) is 10.6 Å². The lowest BCUT2D eigenvalue weighted by atomic mass is 9.84. The summed E-state index contributed by atoms with van der Waals surface area (Å²) < 4.78 is 101. The van der Waals surface area contributed by atoms with Gasteiger partial charge in [-0.2, -0.15) is 26.3 Å². The molecule has 4 aromatic rings. The van der Waals surface area contributed by atoms with Gasteiger partial charge in [0.1, 0.15) is 35.2 Å². The van der Waals surface area contributed by atoms with Gasteiger partial charge in [0.15, 0.2) is 12.2 Å². The third kappa shape index (κ3) is 12.4. The van der Waals surface area contributed by atoms with E-state index in [1.165, 1.54) is 38.5 Å². The van der Waals surface area contributed by atoms with E-state index in [0.29, 0.717) is 46.6 Å². The summed E-state index contributed by atoms with van der Waals surface area (Å²) in [6, 6.07) is 13.2. The number of carbonyl (C=O) groups is 2. The Labute approximate surface area is 397 Å². The molecule has 0 heterocycles. The predicted octanol–water partition coefficient (Wildman–Crippen LogP) is 9.39. The highest BCUT2D eigenvalue weighted by Gasteiger charge is 2.44. The van der Waals surface area contributed by atoms with Gasteiger partial charge in [0, 0.05) is 22.3 Å². The van der Waals surface area contributed by atoms with Crippen molar-refractivity contribution in [3.05, 3.63) is 105 Å². The van der Waals surface area contributed by atoms with Gasteiger partial charge < -0.3 is 60.6 Å². The van der Waals surface area contributed by atoms with Gasteiger partial charge in [-0.25, -0.2) is 9.59 Å². The Morgan fingerprint density at radius 2 is 0.913 bits per heavy atom. The van der Waals surface area contributed by atoms with Gasteiger partial charge in [0.25, 0.3) is 0 Å². The molecule has 4 aromatic carbocycles. The van der Waals surface area contributed by atoms with Gasteiger partial charge in [-0.05, 0) is 82.3 Å². The van der Waals surface area contributed by atoms with E-state index in [9.17, 15) is 56.4 Å². The molecular weight excluding hydrogens is 919 g/mol. The van der Waals surface area contributed by atoms with Gasteiger partial charge in [-0.15, -0.1) is 0 Å².